The number of aromatic nitrogens is 2. The van der Waals surface area contributed by atoms with Crippen molar-refractivity contribution in [3.05, 3.63) is 40.3 Å². The van der Waals surface area contributed by atoms with Crippen molar-refractivity contribution in [2.24, 2.45) is 7.05 Å². The molecule has 0 amide bonds. The lowest BCUT2D eigenvalue weighted by Crippen LogP contribution is -2.00. The van der Waals surface area contributed by atoms with Gasteiger partial charge in [-0.3, -0.25) is 0 Å². The zero-order chi connectivity index (χ0) is 13.3. The molecule has 3 nitrogen and oxygen atoms in total. The zero-order valence-corrected chi connectivity index (χ0v) is 11.6. The summed E-state index contributed by atoms with van der Waals surface area (Å²) in [5.41, 5.74) is 4.27. The monoisotopic (exact) mass is 264 g/mol. The van der Waals surface area contributed by atoms with Gasteiger partial charge in [0.1, 0.15) is 16.7 Å². The lowest BCUT2D eigenvalue weighted by molar-refractivity contribution is 0.295. The fourth-order valence-corrected chi connectivity index (χ4v) is 2.17. The molecule has 0 aliphatic heterocycles. The maximum atomic E-state index is 9.00. The van der Waals surface area contributed by atoms with Crippen molar-refractivity contribution in [2.75, 3.05) is 6.61 Å². The molecule has 1 aromatic carbocycles. The predicted octanol–water partition coefficient (Wildman–Crippen LogP) is 2.89. The lowest BCUT2D eigenvalue weighted by Gasteiger charge is -2.03. The second kappa shape index (κ2) is 5.12. The third-order valence-electron chi connectivity index (χ3n) is 3.23. The highest BCUT2D eigenvalue weighted by molar-refractivity contribution is 6.32. The van der Waals surface area contributed by atoms with Crippen LogP contribution in [0.1, 0.15) is 17.0 Å². The number of hydrogen-bond donors (Lipinski definition) is 1. The number of hydrogen-bond acceptors (Lipinski definition) is 2. The van der Waals surface area contributed by atoms with Crippen molar-refractivity contribution in [3.63, 3.8) is 0 Å². The SMILES string of the molecule is Cc1ccc(-c2nc(CCO)n(C)c2Cl)cc1C. The van der Waals surface area contributed by atoms with E-state index in [0.717, 1.165) is 17.1 Å². The first kappa shape index (κ1) is 13.1. The third kappa shape index (κ3) is 2.28. The maximum absolute atomic E-state index is 9.00. The van der Waals surface area contributed by atoms with Gasteiger partial charge in [-0.1, -0.05) is 23.7 Å². The molecule has 4 heteroatoms. The van der Waals surface area contributed by atoms with Crippen LogP contribution in [0.2, 0.25) is 5.15 Å². The minimum atomic E-state index is 0.0769. The first-order chi connectivity index (χ1) is 8.54. The molecule has 0 unspecified atom stereocenters. The van der Waals surface area contributed by atoms with Gasteiger partial charge in [-0.2, -0.15) is 0 Å². The summed E-state index contributed by atoms with van der Waals surface area (Å²) in [6, 6.07) is 6.19. The van der Waals surface area contributed by atoms with Crippen LogP contribution in [0.4, 0.5) is 0 Å². The Morgan fingerprint density at radius 1 is 1.28 bits per heavy atom. The number of imidazole rings is 1. The highest BCUT2D eigenvalue weighted by Crippen LogP contribution is 2.29. The van der Waals surface area contributed by atoms with E-state index in [1.807, 2.05) is 17.7 Å². The summed E-state index contributed by atoms with van der Waals surface area (Å²) >= 11 is 6.30. The fraction of sp³-hybridized carbons (Fsp3) is 0.357. The number of benzene rings is 1. The summed E-state index contributed by atoms with van der Waals surface area (Å²) in [6.45, 7) is 4.23. The molecule has 2 aromatic rings. The van der Waals surface area contributed by atoms with E-state index in [0.29, 0.717) is 11.6 Å². The minimum Gasteiger partial charge on any atom is -0.396 e. The Hall–Kier alpha value is -1.32. The molecule has 2 rings (SSSR count). The Labute approximate surface area is 112 Å². The van der Waals surface area contributed by atoms with Crippen molar-refractivity contribution in [2.45, 2.75) is 20.3 Å². The molecular formula is C14H17ClN2O. The molecule has 0 aliphatic carbocycles. The summed E-state index contributed by atoms with van der Waals surface area (Å²) in [7, 11) is 1.87. The molecule has 1 N–H and O–H groups in total. The number of halogens is 1. The molecular weight excluding hydrogens is 248 g/mol. The van der Waals surface area contributed by atoms with Crippen LogP contribution in [-0.2, 0) is 13.5 Å². The van der Waals surface area contributed by atoms with Crippen molar-refractivity contribution >= 4 is 11.6 Å². The molecule has 0 saturated heterocycles. The molecule has 0 spiro atoms. The van der Waals surface area contributed by atoms with Crippen LogP contribution in [0.25, 0.3) is 11.3 Å². The second-order valence-electron chi connectivity index (χ2n) is 4.50. The number of nitrogens with zero attached hydrogens (tertiary/aromatic N) is 2. The van der Waals surface area contributed by atoms with Gasteiger partial charge < -0.3 is 9.67 Å². The third-order valence-corrected chi connectivity index (χ3v) is 3.67. The Balaban J connectivity index is 2.50. The molecule has 18 heavy (non-hydrogen) atoms. The van der Waals surface area contributed by atoms with Crippen LogP contribution in [0.5, 0.6) is 0 Å². The maximum Gasteiger partial charge on any atom is 0.136 e. The Bertz CT molecular complexity index is 575. The zero-order valence-electron chi connectivity index (χ0n) is 10.9. The van der Waals surface area contributed by atoms with E-state index in [4.69, 9.17) is 16.7 Å². The van der Waals surface area contributed by atoms with Crippen LogP contribution in [0.15, 0.2) is 18.2 Å². The standard InChI is InChI=1S/C14H17ClN2O/c1-9-4-5-11(8-10(9)2)13-14(15)17(3)12(16-13)6-7-18/h4-5,8,18H,6-7H2,1-3H3. The number of aryl methyl sites for hydroxylation is 2. The number of aliphatic hydroxyl groups excluding tert-OH is 1. The molecule has 0 atom stereocenters. The Kier molecular flexibility index (Phi) is 3.73. The van der Waals surface area contributed by atoms with Crippen molar-refractivity contribution in [1.82, 2.24) is 9.55 Å². The Morgan fingerprint density at radius 2 is 2.00 bits per heavy atom. The van der Waals surface area contributed by atoms with Gasteiger partial charge in [-0.15, -0.1) is 0 Å². The summed E-state index contributed by atoms with van der Waals surface area (Å²) in [4.78, 5) is 4.51. The summed E-state index contributed by atoms with van der Waals surface area (Å²) in [5, 5.41) is 9.61. The average molecular weight is 265 g/mol. The quantitative estimate of drug-likeness (QED) is 0.926. The van der Waals surface area contributed by atoms with E-state index < -0.39 is 0 Å². The summed E-state index contributed by atoms with van der Waals surface area (Å²) < 4.78 is 1.82. The highest BCUT2D eigenvalue weighted by atomic mass is 35.5. The van der Waals surface area contributed by atoms with Gasteiger partial charge in [0.15, 0.2) is 0 Å². The average Bonchev–Trinajstić information content (AvgIpc) is 2.62. The number of aliphatic hydroxyl groups is 1. The lowest BCUT2D eigenvalue weighted by atomic mass is 10.0. The highest BCUT2D eigenvalue weighted by Gasteiger charge is 2.14. The van der Waals surface area contributed by atoms with Gasteiger partial charge >= 0.3 is 0 Å². The molecule has 1 heterocycles. The smallest absolute Gasteiger partial charge is 0.136 e. The predicted molar refractivity (Wildman–Crippen MR) is 73.9 cm³/mol. The normalized spacial score (nSPS) is 10.9. The number of rotatable bonds is 3. The first-order valence-electron chi connectivity index (χ1n) is 5.94. The molecule has 0 saturated carbocycles. The first-order valence-corrected chi connectivity index (χ1v) is 6.32. The van der Waals surface area contributed by atoms with Gasteiger partial charge in [-0.05, 0) is 31.0 Å². The van der Waals surface area contributed by atoms with E-state index in [2.05, 4.69) is 31.0 Å². The van der Waals surface area contributed by atoms with Crippen LogP contribution in [-0.4, -0.2) is 21.3 Å². The van der Waals surface area contributed by atoms with Crippen LogP contribution in [0.3, 0.4) is 0 Å². The van der Waals surface area contributed by atoms with E-state index in [9.17, 15) is 0 Å². The van der Waals surface area contributed by atoms with Crippen LogP contribution in [0, 0.1) is 13.8 Å². The van der Waals surface area contributed by atoms with Crippen LogP contribution < -0.4 is 0 Å². The summed E-state index contributed by atoms with van der Waals surface area (Å²) in [5.74, 6) is 0.802. The van der Waals surface area contributed by atoms with E-state index >= 15 is 0 Å². The van der Waals surface area contributed by atoms with Gasteiger partial charge in [0.25, 0.3) is 0 Å². The summed E-state index contributed by atoms with van der Waals surface area (Å²) in [6.07, 6.45) is 0.515. The topological polar surface area (TPSA) is 38.1 Å². The van der Waals surface area contributed by atoms with E-state index in [-0.39, 0.29) is 6.61 Å². The molecule has 96 valence electrons. The van der Waals surface area contributed by atoms with Crippen molar-refractivity contribution in [3.8, 4) is 11.3 Å². The fourth-order valence-electron chi connectivity index (χ4n) is 1.92. The molecule has 0 fully saturated rings. The van der Waals surface area contributed by atoms with Crippen molar-refractivity contribution in [1.29, 1.82) is 0 Å². The Morgan fingerprint density at radius 3 is 2.61 bits per heavy atom. The molecule has 1 aromatic heterocycles. The van der Waals surface area contributed by atoms with Gasteiger partial charge in [0.05, 0.1) is 6.61 Å². The molecule has 0 aliphatic rings. The van der Waals surface area contributed by atoms with Gasteiger partial charge in [0.2, 0.25) is 0 Å². The minimum absolute atomic E-state index is 0.0769. The second-order valence-corrected chi connectivity index (χ2v) is 4.86. The van der Waals surface area contributed by atoms with E-state index in [1.165, 1.54) is 11.1 Å². The van der Waals surface area contributed by atoms with Gasteiger partial charge in [-0.25, -0.2) is 4.98 Å². The van der Waals surface area contributed by atoms with Crippen LogP contribution >= 0.6 is 11.6 Å². The van der Waals surface area contributed by atoms with E-state index in [1.54, 1.807) is 0 Å². The van der Waals surface area contributed by atoms with Crippen molar-refractivity contribution < 1.29 is 5.11 Å². The molecule has 0 bridgehead atoms. The van der Waals surface area contributed by atoms with Gasteiger partial charge in [0, 0.05) is 19.0 Å². The molecule has 0 radical (unpaired) electrons. The largest absolute Gasteiger partial charge is 0.396 e.